The maximum atomic E-state index is 13.0. The third kappa shape index (κ3) is 7.86. The molecule has 29 heavy (non-hydrogen) atoms. The molecule has 0 unspecified atom stereocenters. The maximum Gasteiger partial charge on any atom is 0.242 e. The van der Waals surface area contributed by atoms with E-state index in [0.29, 0.717) is 18.8 Å². The van der Waals surface area contributed by atoms with E-state index in [4.69, 9.17) is 0 Å². The van der Waals surface area contributed by atoms with Crippen LogP contribution >= 0.6 is 27.7 Å². The highest BCUT2D eigenvalue weighted by Crippen LogP contribution is 2.18. The maximum absolute atomic E-state index is 13.0. The number of aryl methyl sites for hydroxylation is 1. The predicted octanol–water partition coefficient (Wildman–Crippen LogP) is 4.93. The monoisotopic (exact) mass is 476 g/mol. The van der Waals surface area contributed by atoms with Gasteiger partial charge in [0.25, 0.3) is 0 Å². The third-order valence-corrected chi connectivity index (χ3v) is 6.06. The van der Waals surface area contributed by atoms with Gasteiger partial charge in [0, 0.05) is 23.3 Å². The van der Waals surface area contributed by atoms with Gasteiger partial charge < -0.3 is 10.2 Å². The number of nitrogens with zero attached hydrogens (tertiary/aromatic N) is 1. The molecule has 2 aromatic rings. The Labute approximate surface area is 186 Å². The molecule has 156 valence electrons. The highest BCUT2D eigenvalue weighted by molar-refractivity contribution is 9.10. The van der Waals surface area contributed by atoms with Gasteiger partial charge in [0.2, 0.25) is 11.8 Å². The van der Waals surface area contributed by atoms with E-state index in [1.807, 2.05) is 31.2 Å². The number of rotatable bonds is 10. The highest BCUT2D eigenvalue weighted by Gasteiger charge is 2.25. The number of nitrogens with one attached hydrogen (secondary N) is 1. The van der Waals surface area contributed by atoms with Crippen LogP contribution in [-0.2, 0) is 21.9 Å². The van der Waals surface area contributed by atoms with Gasteiger partial charge in [0.15, 0.2) is 0 Å². The Balaban J connectivity index is 2.04. The summed E-state index contributed by atoms with van der Waals surface area (Å²) in [5.41, 5.74) is 3.41. The van der Waals surface area contributed by atoms with Gasteiger partial charge in [0.05, 0.1) is 5.75 Å². The molecule has 0 aromatic heterocycles. The molecule has 0 aliphatic carbocycles. The first-order chi connectivity index (χ1) is 13.9. The standard InChI is InChI=1S/C23H29BrN2O2S/c1-4-12-25-23(28)18(3)26(14-20-6-5-7-21(24)13-20)22(27)16-29-15-19-10-8-17(2)9-11-19/h5-11,13,18H,4,12,14-16H2,1-3H3,(H,25,28)/t18-/m1/s1. The van der Waals surface area contributed by atoms with Crippen LogP contribution in [0.2, 0.25) is 0 Å². The second kappa shape index (κ2) is 12.0. The summed E-state index contributed by atoms with van der Waals surface area (Å²) < 4.78 is 0.958. The summed E-state index contributed by atoms with van der Waals surface area (Å²) in [6.45, 7) is 6.89. The Bertz CT molecular complexity index is 811. The molecule has 0 spiro atoms. The lowest BCUT2D eigenvalue weighted by atomic mass is 10.1. The second-order valence-corrected chi connectivity index (χ2v) is 9.00. The first-order valence-electron chi connectivity index (χ1n) is 9.85. The van der Waals surface area contributed by atoms with Gasteiger partial charge in [0.1, 0.15) is 6.04 Å². The molecule has 0 saturated heterocycles. The normalized spacial score (nSPS) is 11.7. The van der Waals surface area contributed by atoms with Gasteiger partial charge in [-0.3, -0.25) is 9.59 Å². The largest absolute Gasteiger partial charge is 0.354 e. The third-order valence-electron chi connectivity index (χ3n) is 4.57. The zero-order valence-corrected chi connectivity index (χ0v) is 19.7. The van der Waals surface area contributed by atoms with E-state index in [-0.39, 0.29) is 11.8 Å². The van der Waals surface area contributed by atoms with E-state index in [9.17, 15) is 9.59 Å². The van der Waals surface area contributed by atoms with E-state index in [0.717, 1.165) is 22.2 Å². The highest BCUT2D eigenvalue weighted by atomic mass is 79.9. The second-order valence-electron chi connectivity index (χ2n) is 7.10. The minimum absolute atomic E-state index is 0.0266. The molecule has 0 aliphatic rings. The molecule has 1 atom stereocenters. The molecule has 0 bridgehead atoms. The molecule has 0 saturated carbocycles. The lowest BCUT2D eigenvalue weighted by Gasteiger charge is -2.29. The lowest BCUT2D eigenvalue weighted by molar-refractivity contribution is -0.138. The van der Waals surface area contributed by atoms with Crippen LogP contribution in [0.3, 0.4) is 0 Å². The molecule has 0 fully saturated rings. The Morgan fingerprint density at radius 3 is 2.52 bits per heavy atom. The lowest BCUT2D eigenvalue weighted by Crippen LogP contribution is -2.48. The number of halogens is 1. The Morgan fingerprint density at radius 2 is 1.86 bits per heavy atom. The summed E-state index contributed by atoms with van der Waals surface area (Å²) in [5.74, 6) is 0.973. The topological polar surface area (TPSA) is 49.4 Å². The quantitative estimate of drug-likeness (QED) is 0.528. The summed E-state index contributed by atoms with van der Waals surface area (Å²) in [6, 6.07) is 15.7. The minimum atomic E-state index is -0.520. The molecule has 2 rings (SSSR count). The summed E-state index contributed by atoms with van der Waals surface area (Å²) in [4.78, 5) is 27.2. The summed E-state index contributed by atoms with van der Waals surface area (Å²) in [6.07, 6.45) is 0.866. The Morgan fingerprint density at radius 1 is 1.14 bits per heavy atom. The predicted molar refractivity (Wildman–Crippen MR) is 125 cm³/mol. The number of benzene rings is 2. The van der Waals surface area contributed by atoms with Crippen molar-refractivity contribution in [2.24, 2.45) is 0 Å². The summed E-state index contributed by atoms with van der Waals surface area (Å²) >= 11 is 5.05. The van der Waals surface area contributed by atoms with Crippen molar-refractivity contribution in [2.75, 3.05) is 12.3 Å². The van der Waals surface area contributed by atoms with Gasteiger partial charge in [-0.05, 0) is 43.5 Å². The molecule has 2 amide bonds. The van der Waals surface area contributed by atoms with E-state index in [1.165, 1.54) is 11.1 Å². The molecule has 0 heterocycles. The molecule has 0 radical (unpaired) electrons. The van der Waals surface area contributed by atoms with E-state index in [2.05, 4.69) is 52.4 Å². The molecule has 2 aromatic carbocycles. The fraction of sp³-hybridized carbons (Fsp3) is 0.391. The van der Waals surface area contributed by atoms with Crippen LogP contribution in [0.25, 0.3) is 0 Å². The number of hydrogen-bond donors (Lipinski definition) is 1. The van der Waals surface area contributed by atoms with E-state index >= 15 is 0 Å². The van der Waals surface area contributed by atoms with E-state index < -0.39 is 6.04 Å². The Hall–Kier alpha value is -1.79. The smallest absolute Gasteiger partial charge is 0.242 e. The van der Waals surface area contributed by atoms with Crippen molar-refractivity contribution in [3.05, 3.63) is 69.7 Å². The van der Waals surface area contributed by atoms with Crippen molar-refractivity contribution in [3.63, 3.8) is 0 Å². The van der Waals surface area contributed by atoms with Crippen molar-refractivity contribution in [1.82, 2.24) is 10.2 Å². The number of carbonyl (C=O) groups is 2. The van der Waals surface area contributed by atoms with Crippen LogP contribution in [0.1, 0.15) is 37.0 Å². The van der Waals surface area contributed by atoms with Gasteiger partial charge in [-0.25, -0.2) is 0 Å². The average molecular weight is 477 g/mol. The van der Waals surface area contributed by atoms with Gasteiger partial charge in [-0.15, -0.1) is 11.8 Å². The van der Waals surface area contributed by atoms with Gasteiger partial charge >= 0.3 is 0 Å². The molecule has 0 aliphatic heterocycles. The first kappa shape index (κ1) is 23.5. The van der Waals surface area contributed by atoms with Gasteiger partial charge in [-0.2, -0.15) is 0 Å². The van der Waals surface area contributed by atoms with Gasteiger partial charge in [-0.1, -0.05) is 64.8 Å². The summed E-state index contributed by atoms with van der Waals surface area (Å²) in [7, 11) is 0. The minimum Gasteiger partial charge on any atom is -0.354 e. The SMILES string of the molecule is CCCNC(=O)[C@@H](C)N(Cc1cccc(Br)c1)C(=O)CSCc1ccc(C)cc1. The van der Waals surface area contributed by atoms with Crippen molar-refractivity contribution in [2.45, 2.75) is 45.5 Å². The fourth-order valence-electron chi connectivity index (χ4n) is 2.83. The molecule has 4 nitrogen and oxygen atoms in total. The van der Waals surface area contributed by atoms with Crippen molar-refractivity contribution in [1.29, 1.82) is 0 Å². The number of thioether (sulfide) groups is 1. The van der Waals surface area contributed by atoms with Crippen molar-refractivity contribution < 1.29 is 9.59 Å². The zero-order chi connectivity index (χ0) is 21.2. The van der Waals surface area contributed by atoms with Crippen LogP contribution in [0.15, 0.2) is 53.0 Å². The molecular weight excluding hydrogens is 448 g/mol. The summed E-state index contributed by atoms with van der Waals surface area (Å²) in [5, 5.41) is 2.90. The number of hydrogen-bond acceptors (Lipinski definition) is 3. The molecule has 6 heteroatoms. The van der Waals surface area contributed by atoms with Crippen LogP contribution in [-0.4, -0.2) is 35.1 Å². The van der Waals surface area contributed by atoms with E-state index in [1.54, 1.807) is 23.6 Å². The average Bonchev–Trinajstić information content (AvgIpc) is 2.71. The van der Waals surface area contributed by atoms with Crippen LogP contribution in [0.5, 0.6) is 0 Å². The number of carbonyl (C=O) groups excluding carboxylic acids is 2. The number of amides is 2. The van der Waals surface area contributed by atoms with Crippen LogP contribution in [0, 0.1) is 6.92 Å². The van der Waals surface area contributed by atoms with Crippen LogP contribution < -0.4 is 5.32 Å². The fourth-order valence-corrected chi connectivity index (χ4v) is 4.15. The Kier molecular flexibility index (Phi) is 9.74. The van der Waals surface area contributed by atoms with Crippen molar-refractivity contribution >= 4 is 39.5 Å². The first-order valence-corrected chi connectivity index (χ1v) is 11.8. The molecular formula is C23H29BrN2O2S. The van der Waals surface area contributed by atoms with Crippen LogP contribution in [0.4, 0.5) is 0 Å². The molecule has 1 N–H and O–H groups in total. The zero-order valence-electron chi connectivity index (χ0n) is 17.3. The van der Waals surface area contributed by atoms with Crippen molar-refractivity contribution in [3.8, 4) is 0 Å².